The van der Waals surface area contributed by atoms with E-state index in [4.69, 9.17) is 5.11 Å². The van der Waals surface area contributed by atoms with Crippen molar-refractivity contribution in [3.63, 3.8) is 0 Å². The lowest BCUT2D eigenvalue weighted by molar-refractivity contribution is -0.144. The topological polar surface area (TPSA) is 61.3 Å². The molecule has 0 amide bonds. The monoisotopic (exact) mass is 290 g/mol. The second-order valence-electron chi connectivity index (χ2n) is 4.75. The summed E-state index contributed by atoms with van der Waals surface area (Å²) in [7, 11) is 0. The van der Waals surface area contributed by atoms with Crippen molar-refractivity contribution in [2.24, 2.45) is 5.92 Å². The number of halogens is 3. The minimum absolute atomic E-state index is 0.0355. The van der Waals surface area contributed by atoms with Gasteiger partial charge < -0.3 is 15.3 Å². The van der Waals surface area contributed by atoms with Crippen LogP contribution in [0.4, 0.5) is 24.8 Å². The highest BCUT2D eigenvalue weighted by Crippen LogP contribution is 2.30. The van der Waals surface area contributed by atoms with Gasteiger partial charge >= 0.3 is 6.18 Å². The third-order valence-electron chi connectivity index (χ3n) is 3.19. The van der Waals surface area contributed by atoms with Gasteiger partial charge in [-0.25, -0.2) is 9.97 Å². The molecule has 0 radical (unpaired) electrons. The van der Waals surface area contributed by atoms with Gasteiger partial charge in [0, 0.05) is 38.2 Å². The number of anilines is 2. The first-order valence-corrected chi connectivity index (χ1v) is 6.50. The molecule has 2 rings (SSSR count). The lowest BCUT2D eigenvalue weighted by Crippen LogP contribution is -2.24. The molecule has 1 atom stereocenters. The van der Waals surface area contributed by atoms with Crippen LogP contribution in [-0.2, 0) is 6.18 Å². The van der Waals surface area contributed by atoms with Crippen molar-refractivity contribution in [1.82, 2.24) is 9.97 Å². The van der Waals surface area contributed by atoms with Crippen LogP contribution in [-0.4, -0.2) is 41.3 Å². The van der Waals surface area contributed by atoms with Gasteiger partial charge in [0.1, 0.15) is 11.6 Å². The van der Waals surface area contributed by atoms with E-state index in [1.165, 1.54) is 6.07 Å². The van der Waals surface area contributed by atoms with Crippen LogP contribution in [0.2, 0.25) is 0 Å². The fourth-order valence-electron chi connectivity index (χ4n) is 2.18. The molecule has 1 unspecified atom stereocenters. The summed E-state index contributed by atoms with van der Waals surface area (Å²) in [6.07, 6.45) is -3.82. The Labute approximate surface area is 114 Å². The molecule has 1 aromatic heterocycles. The standard InChI is InChI=1S/C12H17F3N4O/c1-2-16-9-5-10(18-11(17-9)12(13,14)15)19-4-3-8(6-19)7-20/h5,8,20H,2-4,6-7H2,1H3,(H,16,17,18). The van der Waals surface area contributed by atoms with E-state index in [1.54, 1.807) is 11.8 Å². The summed E-state index contributed by atoms with van der Waals surface area (Å²) in [5.41, 5.74) is 0. The first-order chi connectivity index (χ1) is 9.44. The van der Waals surface area contributed by atoms with Crippen molar-refractivity contribution >= 4 is 11.6 Å². The molecule has 0 saturated carbocycles. The number of nitrogens with one attached hydrogen (secondary N) is 1. The minimum atomic E-state index is -4.57. The fraction of sp³-hybridized carbons (Fsp3) is 0.667. The van der Waals surface area contributed by atoms with Gasteiger partial charge in [0.2, 0.25) is 5.82 Å². The Hall–Kier alpha value is -1.57. The highest BCUT2D eigenvalue weighted by molar-refractivity contribution is 5.50. The molecule has 8 heteroatoms. The van der Waals surface area contributed by atoms with E-state index in [0.29, 0.717) is 19.6 Å². The molecule has 5 nitrogen and oxygen atoms in total. The van der Waals surface area contributed by atoms with Gasteiger partial charge in [-0.3, -0.25) is 0 Å². The lowest BCUT2D eigenvalue weighted by atomic mass is 10.1. The molecule has 2 N–H and O–H groups in total. The van der Waals surface area contributed by atoms with Crippen LogP contribution >= 0.6 is 0 Å². The third kappa shape index (κ3) is 3.30. The highest BCUT2D eigenvalue weighted by atomic mass is 19.4. The van der Waals surface area contributed by atoms with Crippen LogP contribution in [0.5, 0.6) is 0 Å². The van der Waals surface area contributed by atoms with Crippen molar-refractivity contribution in [3.05, 3.63) is 11.9 Å². The number of alkyl halides is 3. The first-order valence-electron chi connectivity index (χ1n) is 6.50. The molecule has 112 valence electrons. The predicted molar refractivity (Wildman–Crippen MR) is 68.6 cm³/mol. The van der Waals surface area contributed by atoms with Crippen molar-refractivity contribution in [1.29, 1.82) is 0 Å². The molecule has 1 aliphatic heterocycles. The molecule has 0 bridgehead atoms. The van der Waals surface area contributed by atoms with Crippen LogP contribution in [0, 0.1) is 5.92 Å². The zero-order chi connectivity index (χ0) is 14.8. The van der Waals surface area contributed by atoms with Gasteiger partial charge in [0.05, 0.1) is 0 Å². The number of aliphatic hydroxyl groups excluding tert-OH is 1. The van der Waals surface area contributed by atoms with E-state index in [2.05, 4.69) is 15.3 Å². The molecule has 0 aliphatic carbocycles. The number of aromatic nitrogens is 2. The second-order valence-corrected chi connectivity index (χ2v) is 4.75. The van der Waals surface area contributed by atoms with Crippen molar-refractivity contribution < 1.29 is 18.3 Å². The summed E-state index contributed by atoms with van der Waals surface area (Å²) in [4.78, 5) is 8.84. The van der Waals surface area contributed by atoms with Gasteiger partial charge in [-0.05, 0) is 13.3 Å². The van der Waals surface area contributed by atoms with E-state index in [0.717, 1.165) is 6.42 Å². The van der Waals surface area contributed by atoms with Crippen molar-refractivity contribution in [2.45, 2.75) is 19.5 Å². The lowest BCUT2D eigenvalue weighted by Gasteiger charge is -2.19. The normalized spacial score (nSPS) is 19.4. The average Bonchev–Trinajstić information content (AvgIpc) is 2.86. The summed E-state index contributed by atoms with van der Waals surface area (Å²) >= 11 is 0. The molecular weight excluding hydrogens is 273 g/mol. The van der Waals surface area contributed by atoms with Crippen molar-refractivity contribution in [2.75, 3.05) is 36.5 Å². The maximum atomic E-state index is 12.8. The number of aliphatic hydroxyl groups is 1. The van der Waals surface area contributed by atoms with Gasteiger partial charge in [-0.15, -0.1) is 0 Å². The van der Waals surface area contributed by atoms with Gasteiger partial charge in [-0.2, -0.15) is 13.2 Å². The SMILES string of the molecule is CCNc1cc(N2CCC(CO)C2)nc(C(F)(F)F)n1. The number of nitrogens with zero attached hydrogens (tertiary/aromatic N) is 3. The summed E-state index contributed by atoms with van der Waals surface area (Å²) in [5, 5.41) is 11.9. The largest absolute Gasteiger partial charge is 0.451 e. The second kappa shape index (κ2) is 5.82. The Morgan fingerprint density at radius 3 is 2.75 bits per heavy atom. The quantitative estimate of drug-likeness (QED) is 0.884. The molecule has 1 fully saturated rings. The van der Waals surface area contributed by atoms with Crippen LogP contribution in [0.15, 0.2) is 6.07 Å². The molecule has 1 aromatic rings. The maximum Gasteiger partial charge on any atom is 0.451 e. The molecule has 20 heavy (non-hydrogen) atoms. The molecular formula is C12H17F3N4O. The molecule has 0 spiro atoms. The fourth-order valence-corrected chi connectivity index (χ4v) is 2.18. The average molecular weight is 290 g/mol. The Morgan fingerprint density at radius 1 is 1.45 bits per heavy atom. The van der Waals surface area contributed by atoms with E-state index < -0.39 is 12.0 Å². The van der Waals surface area contributed by atoms with E-state index in [9.17, 15) is 13.2 Å². The van der Waals surface area contributed by atoms with Crippen LogP contribution in [0.3, 0.4) is 0 Å². The van der Waals surface area contributed by atoms with Crippen LogP contribution in [0.25, 0.3) is 0 Å². The maximum absolute atomic E-state index is 12.8. The van der Waals surface area contributed by atoms with E-state index >= 15 is 0 Å². The molecule has 1 aliphatic rings. The molecule has 2 heterocycles. The Balaban J connectivity index is 2.30. The third-order valence-corrected chi connectivity index (χ3v) is 3.19. The first kappa shape index (κ1) is 14.8. The minimum Gasteiger partial charge on any atom is -0.396 e. The van der Waals surface area contributed by atoms with Gasteiger partial charge in [-0.1, -0.05) is 0 Å². The number of hydrogen-bond acceptors (Lipinski definition) is 5. The Bertz CT molecular complexity index is 467. The van der Waals surface area contributed by atoms with E-state index in [-0.39, 0.29) is 24.2 Å². The highest BCUT2D eigenvalue weighted by Gasteiger charge is 2.36. The zero-order valence-electron chi connectivity index (χ0n) is 11.1. The summed E-state index contributed by atoms with van der Waals surface area (Å²) in [5.74, 6) is -0.642. The van der Waals surface area contributed by atoms with Crippen molar-refractivity contribution in [3.8, 4) is 0 Å². The summed E-state index contributed by atoms with van der Waals surface area (Å²) in [6, 6.07) is 1.51. The van der Waals surface area contributed by atoms with Crippen LogP contribution < -0.4 is 10.2 Å². The summed E-state index contributed by atoms with van der Waals surface area (Å²) < 4.78 is 38.4. The van der Waals surface area contributed by atoms with Gasteiger partial charge in [0.15, 0.2) is 0 Å². The zero-order valence-corrected chi connectivity index (χ0v) is 11.1. The molecule has 1 saturated heterocycles. The van der Waals surface area contributed by atoms with Gasteiger partial charge in [0.25, 0.3) is 0 Å². The Kier molecular flexibility index (Phi) is 4.32. The van der Waals surface area contributed by atoms with E-state index in [1.807, 2.05) is 0 Å². The smallest absolute Gasteiger partial charge is 0.396 e. The Morgan fingerprint density at radius 2 is 2.20 bits per heavy atom. The predicted octanol–water partition coefficient (Wildman–Crippen LogP) is 1.75. The number of hydrogen-bond donors (Lipinski definition) is 2. The number of rotatable bonds is 4. The van der Waals surface area contributed by atoms with Crippen LogP contribution in [0.1, 0.15) is 19.2 Å². The molecule has 0 aromatic carbocycles. The summed E-state index contributed by atoms with van der Waals surface area (Å²) in [6.45, 7) is 3.40.